The van der Waals surface area contributed by atoms with Crippen LogP contribution >= 0.6 is 24.0 Å². The molecule has 1 aliphatic heterocycles. The van der Waals surface area contributed by atoms with Crippen LogP contribution in [0.3, 0.4) is 0 Å². The smallest absolute Gasteiger partial charge is 0.253 e. The Bertz CT molecular complexity index is 1160. The van der Waals surface area contributed by atoms with Crippen LogP contribution in [-0.2, 0) is 6.54 Å². The van der Waals surface area contributed by atoms with E-state index in [4.69, 9.17) is 11.6 Å². The molecule has 0 saturated carbocycles. The number of hydrogen-bond donors (Lipinski definition) is 1. The summed E-state index contributed by atoms with van der Waals surface area (Å²) < 4.78 is 2.19. The van der Waals surface area contributed by atoms with Crippen molar-refractivity contribution in [1.29, 1.82) is 0 Å². The fourth-order valence-electron chi connectivity index (χ4n) is 5.03. The Balaban J connectivity index is 0.00000361. The number of carbonyl (C=O) groups excluding carboxylic acids is 1. The first-order valence-electron chi connectivity index (χ1n) is 12.7. The van der Waals surface area contributed by atoms with E-state index in [-0.39, 0.29) is 18.3 Å². The molecule has 2 heterocycles. The van der Waals surface area contributed by atoms with Crippen molar-refractivity contribution in [3.63, 3.8) is 0 Å². The van der Waals surface area contributed by atoms with Crippen molar-refractivity contribution in [2.45, 2.75) is 40.7 Å². The van der Waals surface area contributed by atoms with Gasteiger partial charge >= 0.3 is 0 Å². The molecular formula is C29H38Cl2N4O. The summed E-state index contributed by atoms with van der Waals surface area (Å²) in [6, 6.07) is 16.4. The Hall–Kier alpha value is -2.47. The third-order valence-electron chi connectivity index (χ3n) is 7.29. The lowest BCUT2D eigenvalue weighted by atomic mass is 10.1. The molecular weight excluding hydrogens is 491 g/mol. The molecule has 36 heavy (non-hydrogen) atoms. The second kappa shape index (κ2) is 12.7. The molecule has 0 unspecified atom stereocenters. The van der Waals surface area contributed by atoms with Crippen molar-refractivity contribution >= 4 is 35.6 Å². The molecule has 0 bridgehead atoms. The maximum Gasteiger partial charge on any atom is 0.253 e. The Morgan fingerprint density at radius 1 is 1.00 bits per heavy atom. The summed E-state index contributed by atoms with van der Waals surface area (Å²) in [7, 11) is 0. The quantitative estimate of drug-likeness (QED) is 0.358. The number of piperazine rings is 1. The van der Waals surface area contributed by atoms with Gasteiger partial charge in [0.05, 0.1) is 5.56 Å². The first-order valence-corrected chi connectivity index (χ1v) is 13.0. The lowest BCUT2D eigenvalue weighted by Gasteiger charge is -2.37. The van der Waals surface area contributed by atoms with Gasteiger partial charge in [-0.05, 0) is 81.6 Å². The summed E-state index contributed by atoms with van der Waals surface area (Å²) in [5.41, 5.74) is 7.97. The molecule has 3 aromatic rings. The van der Waals surface area contributed by atoms with E-state index >= 15 is 0 Å². The van der Waals surface area contributed by atoms with Crippen LogP contribution in [-0.4, -0.2) is 54.6 Å². The van der Waals surface area contributed by atoms with Crippen LogP contribution in [0.2, 0.25) is 5.02 Å². The normalized spacial score (nSPS) is 14.0. The topological polar surface area (TPSA) is 40.5 Å². The van der Waals surface area contributed by atoms with Crippen molar-refractivity contribution < 1.29 is 4.79 Å². The van der Waals surface area contributed by atoms with E-state index in [9.17, 15) is 4.79 Å². The molecule has 1 aromatic heterocycles. The molecule has 5 nitrogen and oxygen atoms in total. The van der Waals surface area contributed by atoms with E-state index in [0.717, 1.165) is 68.2 Å². The molecule has 7 heteroatoms. The molecule has 0 spiro atoms. The summed E-state index contributed by atoms with van der Waals surface area (Å²) >= 11 is 6.06. The van der Waals surface area contributed by atoms with E-state index in [1.165, 1.54) is 16.8 Å². The van der Waals surface area contributed by atoms with Gasteiger partial charge in [-0.3, -0.25) is 9.69 Å². The summed E-state index contributed by atoms with van der Waals surface area (Å²) in [6.45, 7) is 15.2. The Kier molecular flexibility index (Phi) is 9.89. The Morgan fingerprint density at radius 3 is 2.36 bits per heavy atom. The molecule has 194 valence electrons. The third kappa shape index (κ3) is 6.26. The van der Waals surface area contributed by atoms with Crippen LogP contribution in [0.5, 0.6) is 0 Å². The van der Waals surface area contributed by atoms with Gasteiger partial charge in [-0.25, -0.2) is 0 Å². The number of halogens is 2. The van der Waals surface area contributed by atoms with Crippen molar-refractivity contribution in [2.24, 2.45) is 0 Å². The maximum absolute atomic E-state index is 13.0. The zero-order valence-electron chi connectivity index (χ0n) is 21.8. The Morgan fingerprint density at radius 2 is 1.69 bits per heavy atom. The number of amides is 1. The monoisotopic (exact) mass is 528 g/mol. The van der Waals surface area contributed by atoms with Crippen molar-refractivity contribution in [1.82, 2.24) is 14.8 Å². The van der Waals surface area contributed by atoms with Crippen LogP contribution < -0.4 is 10.2 Å². The summed E-state index contributed by atoms with van der Waals surface area (Å²) in [5, 5.41) is 3.86. The van der Waals surface area contributed by atoms with E-state index in [0.29, 0.717) is 11.6 Å². The van der Waals surface area contributed by atoms with Crippen LogP contribution in [0.4, 0.5) is 5.69 Å². The molecule has 1 N–H and O–H groups in total. The van der Waals surface area contributed by atoms with Gasteiger partial charge in [0.2, 0.25) is 0 Å². The number of benzene rings is 2. The number of aromatic nitrogens is 1. The molecule has 0 radical (unpaired) electrons. The summed E-state index contributed by atoms with van der Waals surface area (Å²) in [6.07, 6.45) is 0.951. The third-order valence-corrected chi connectivity index (χ3v) is 7.55. The van der Waals surface area contributed by atoms with E-state index < -0.39 is 0 Å². The maximum atomic E-state index is 13.0. The fraction of sp³-hybridized carbons (Fsp3) is 0.414. The number of nitrogens with zero attached hydrogens (tertiary/aromatic N) is 3. The molecule has 1 amide bonds. The number of nitrogens with one attached hydrogen (secondary N) is 1. The van der Waals surface area contributed by atoms with Crippen molar-refractivity contribution in [3.8, 4) is 11.3 Å². The lowest BCUT2D eigenvalue weighted by Crippen LogP contribution is -2.47. The van der Waals surface area contributed by atoms with E-state index in [2.05, 4.69) is 58.7 Å². The zero-order valence-corrected chi connectivity index (χ0v) is 23.4. The minimum Gasteiger partial charge on any atom is -0.369 e. The predicted molar refractivity (Wildman–Crippen MR) is 154 cm³/mol. The van der Waals surface area contributed by atoms with Gasteiger partial charge in [-0.15, -0.1) is 12.4 Å². The molecule has 1 fully saturated rings. The average Bonchev–Trinajstić information content (AvgIpc) is 3.20. The van der Waals surface area contributed by atoms with Gasteiger partial charge in [0, 0.05) is 61.4 Å². The van der Waals surface area contributed by atoms with Crippen molar-refractivity contribution in [2.75, 3.05) is 44.2 Å². The number of anilines is 1. The van der Waals surface area contributed by atoms with Crippen molar-refractivity contribution in [3.05, 3.63) is 75.9 Å². The highest BCUT2D eigenvalue weighted by molar-refractivity contribution is 6.30. The average molecular weight is 530 g/mol. The molecule has 4 rings (SSSR count). The summed E-state index contributed by atoms with van der Waals surface area (Å²) in [4.78, 5) is 18.0. The largest absolute Gasteiger partial charge is 0.369 e. The van der Waals surface area contributed by atoms with Gasteiger partial charge in [-0.2, -0.15) is 0 Å². The lowest BCUT2D eigenvalue weighted by molar-refractivity contribution is 0.0950. The van der Waals surface area contributed by atoms with Gasteiger partial charge in [0.25, 0.3) is 5.91 Å². The highest BCUT2D eigenvalue weighted by atomic mass is 35.5. The molecule has 1 saturated heterocycles. The van der Waals surface area contributed by atoms with Gasteiger partial charge in [-0.1, -0.05) is 35.9 Å². The number of carbonyl (C=O) groups is 1. The van der Waals surface area contributed by atoms with Crippen LogP contribution in [0, 0.1) is 20.8 Å². The first-order chi connectivity index (χ1) is 16.9. The molecule has 2 aromatic carbocycles. The highest BCUT2D eigenvalue weighted by Gasteiger charge is 2.20. The molecule has 0 aliphatic carbocycles. The van der Waals surface area contributed by atoms with Gasteiger partial charge < -0.3 is 14.8 Å². The standard InChI is InChI=1S/C29H37ClN4O.ClH/c1-5-34-23(4)26(20-28(34)24-10-12-25(30)13-11-24)29(35)31-14-7-15-32-16-18-33(19-17-32)27-9-6-8-21(2)22(27)3;/h6,8-13,20H,5,7,14-19H2,1-4H3,(H,31,35);1H. The number of rotatable bonds is 8. The summed E-state index contributed by atoms with van der Waals surface area (Å²) in [5.74, 6) is 0.00431. The van der Waals surface area contributed by atoms with Crippen LogP contribution in [0.15, 0.2) is 48.5 Å². The zero-order chi connectivity index (χ0) is 24.9. The molecule has 1 aliphatic rings. The Labute approximate surface area is 226 Å². The second-order valence-corrected chi connectivity index (χ2v) is 9.87. The van der Waals surface area contributed by atoms with Gasteiger partial charge in [0.1, 0.15) is 0 Å². The first kappa shape index (κ1) is 28.1. The van der Waals surface area contributed by atoms with Crippen LogP contribution in [0.1, 0.15) is 40.5 Å². The second-order valence-electron chi connectivity index (χ2n) is 9.44. The fourth-order valence-corrected chi connectivity index (χ4v) is 5.16. The van der Waals surface area contributed by atoms with E-state index in [1.807, 2.05) is 37.3 Å². The number of aryl methyl sites for hydroxylation is 1. The molecule has 0 atom stereocenters. The number of hydrogen-bond acceptors (Lipinski definition) is 3. The van der Waals surface area contributed by atoms with Gasteiger partial charge in [0.15, 0.2) is 0 Å². The minimum absolute atomic E-state index is 0. The van der Waals surface area contributed by atoms with Crippen LogP contribution in [0.25, 0.3) is 11.3 Å². The predicted octanol–water partition coefficient (Wildman–Crippen LogP) is 6.12. The highest BCUT2D eigenvalue weighted by Crippen LogP contribution is 2.27. The minimum atomic E-state index is 0. The van der Waals surface area contributed by atoms with E-state index in [1.54, 1.807) is 0 Å². The SMILES string of the molecule is CCn1c(-c2ccc(Cl)cc2)cc(C(=O)NCCCN2CCN(c3cccc(C)c3C)CC2)c1C.Cl.